The first kappa shape index (κ1) is 12.3. The fourth-order valence-electron chi connectivity index (χ4n) is 0.992. The first-order valence-corrected chi connectivity index (χ1v) is 5.07. The van der Waals surface area contributed by atoms with Gasteiger partial charge < -0.3 is 21.4 Å². The largest absolute Gasteiger partial charge is 0.507 e. The van der Waals surface area contributed by atoms with E-state index in [2.05, 4.69) is 26.4 Å². The minimum Gasteiger partial charge on any atom is -0.507 e. The van der Waals surface area contributed by atoms with Crippen LogP contribution in [0.25, 0.3) is 0 Å². The van der Waals surface area contributed by atoms with E-state index in [4.69, 9.17) is 10.9 Å². The lowest BCUT2D eigenvalue weighted by Gasteiger charge is -2.06. The van der Waals surface area contributed by atoms with E-state index >= 15 is 0 Å². The molecule has 0 saturated heterocycles. The van der Waals surface area contributed by atoms with Crippen LogP contribution in [0, 0.1) is 0 Å². The van der Waals surface area contributed by atoms with Gasteiger partial charge in [0.25, 0.3) is 5.91 Å². The van der Waals surface area contributed by atoms with Gasteiger partial charge in [-0.1, -0.05) is 21.1 Å². The van der Waals surface area contributed by atoms with Gasteiger partial charge >= 0.3 is 0 Å². The summed E-state index contributed by atoms with van der Waals surface area (Å²) in [5.41, 5.74) is 5.29. The minimum absolute atomic E-state index is 0.0959. The molecule has 6 nitrogen and oxygen atoms in total. The van der Waals surface area contributed by atoms with Crippen LogP contribution in [0.5, 0.6) is 5.75 Å². The van der Waals surface area contributed by atoms with Crippen LogP contribution in [-0.4, -0.2) is 28.6 Å². The third kappa shape index (κ3) is 3.13. The second-order valence-corrected chi connectivity index (χ2v) is 3.85. The molecule has 1 aromatic carbocycles. The summed E-state index contributed by atoms with van der Waals surface area (Å²) in [6, 6.07) is 4.47. The second-order valence-electron chi connectivity index (χ2n) is 2.94. The third-order valence-electron chi connectivity index (χ3n) is 1.76. The Kier molecular flexibility index (Phi) is 4.12. The molecular weight excluding hydrogens is 278 g/mol. The van der Waals surface area contributed by atoms with Crippen molar-refractivity contribution < 1.29 is 15.1 Å². The highest BCUT2D eigenvalue weighted by Crippen LogP contribution is 2.21. The van der Waals surface area contributed by atoms with Crippen molar-refractivity contribution in [3.05, 3.63) is 28.2 Å². The second kappa shape index (κ2) is 5.36. The zero-order chi connectivity index (χ0) is 12.1. The summed E-state index contributed by atoms with van der Waals surface area (Å²) in [6.07, 6.45) is 0. The lowest BCUT2D eigenvalue weighted by atomic mass is 10.2. The predicted octanol–water partition coefficient (Wildman–Crippen LogP) is 0.631. The number of oxime groups is 1. The predicted molar refractivity (Wildman–Crippen MR) is 61.5 cm³/mol. The zero-order valence-electron chi connectivity index (χ0n) is 8.14. The van der Waals surface area contributed by atoms with Gasteiger partial charge in [0.05, 0.1) is 12.1 Å². The number of aromatic hydroxyl groups is 1. The summed E-state index contributed by atoms with van der Waals surface area (Å²) in [7, 11) is 0. The molecule has 5 N–H and O–H groups in total. The first-order chi connectivity index (χ1) is 7.54. The summed E-state index contributed by atoms with van der Waals surface area (Å²) in [6.45, 7) is -0.0959. The van der Waals surface area contributed by atoms with Gasteiger partial charge in [-0.25, -0.2) is 0 Å². The van der Waals surface area contributed by atoms with Gasteiger partial charge in [-0.05, 0) is 18.2 Å². The van der Waals surface area contributed by atoms with Crippen molar-refractivity contribution in [2.75, 3.05) is 6.54 Å². The Morgan fingerprint density at radius 1 is 1.56 bits per heavy atom. The van der Waals surface area contributed by atoms with Crippen molar-refractivity contribution >= 4 is 27.7 Å². The number of hydrogen-bond donors (Lipinski definition) is 4. The number of phenols is 1. The number of nitrogens with two attached hydrogens (primary N) is 1. The Hall–Kier alpha value is -1.76. The standard InChI is InChI=1S/C9H10BrN3O3/c10-5-1-2-7(14)6(3-5)9(15)12-4-8(11)13-16/h1-3,14,16H,4H2,(H2,11,13)(H,12,15). The molecule has 16 heavy (non-hydrogen) atoms. The number of phenolic OH excluding ortho intramolecular Hbond substituents is 1. The molecule has 0 aromatic heterocycles. The molecule has 0 unspecified atom stereocenters. The molecule has 86 valence electrons. The van der Waals surface area contributed by atoms with Crippen molar-refractivity contribution in [2.24, 2.45) is 10.9 Å². The summed E-state index contributed by atoms with van der Waals surface area (Å²) in [5, 5.41) is 22.8. The number of halogens is 1. The van der Waals surface area contributed by atoms with Crippen LogP contribution >= 0.6 is 15.9 Å². The molecule has 0 aliphatic rings. The lowest BCUT2D eigenvalue weighted by Crippen LogP contribution is -2.33. The van der Waals surface area contributed by atoms with E-state index in [1.807, 2.05) is 0 Å². The van der Waals surface area contributed by atoms with Crippen molar-refractivity contribution in [2.45, 2.75) is 0 Å². The monoisotopic (exact) mass is 287 g/mol. The molecule has 0 aliphatic carbocycles. The lowest BCUT2D eigenvalue weighted by molar-refractivity contribution is 0.0956. The molecule has 7 heteroatoms. The third-order valence-corrected chi connectivity index (χ3v) is 2.25. The quantitative estimate of drug-likeness (QED) is 0.283. The van der Waals surface area contributed by atoms with Crippen LogP contribution in [0.4, 0.5) is 0 Å². The van der Waals surface area contributed by atoms with E-state index in [1.165, 1.54) is 12.1 Å². The number of carbonyl (C=O) groups is 1. The summed E-state index contributed by atoms with van der Waals surface area (Å²) in [5.74, 6) is -0.770. The Balaban J connectivity index is 2.77. The van der Waals surface area contributed by atoms with E-state index in [-0.39, 0.29) is 23.7 Å². The fourth-order valence-corrected chi connectivity index (χ4v) is 1.35. The van der Waals surface area contributed by atoms with E-state index in [0.29, 0.717) is 4.47 Å². The molecular formula is C9H10BrN3O3. The maximum atomic E-state index is 11.6. The smallest absolute Gasteiger partial charge is 0.255 e. The molecule has 1 rings (SSSR count). The Labute approximate surface area is 99.9 Å². The summed E-state index contributed by atoms with van der Waals surface area (Å²) >= 11 is 3.18. The molecule has 0 radical (unpaired) electrons. The Bertz CT molecular complexity index is 434. The maximum absolute atomic E-state index is 11.6. The van der Waals surface area contributed by atoms with Crippen molar-refractivity contribution in [1.82, 2.24) is 5.32 Å². The van der Waals surface area contributed by atoms with Crippen molar-refractivity contribution in [1.29, 1.82) is 0 Å². The normalized spacial score (nSPS) is 11.2. The number of carbonyl (C=O) groups excluding carboxylic acids is 1. The van der Waals surface area contributed by atoms with E-state index < -0.39 is 5.91 Å². The highest BCUT2D eigenvalue weighted by Gasteiger charge is 2.11. The fraction of sp³-hybridized carbons (Fsp3) is 0.111. The van der Waals surface area contributed by atoms with Crippen molar-refractivity contribution in [3.63, 3.8) is 0 Å². The number of amidine groups is 1. The number of amides is 1. The van der Waals surface area contributed by atoms with Crippen LogP contribution in [0.15, 0.2) is 27.8 Å². The molecule has 0 aliphatic heterocycles. The van der Waals surface area contributed by atoms with Gasteiger partial charge in [-0.3, -0.25) is 4.79 Å². The minimum atomic E-state index is -0.509. The molecule has 0 fully saturated rings. The highest BCUT2D eigenvalue weighted by atomic mass is 79.9. The summed E-state index contributed by atoms with van der Waals surface area (Å²) in [4.78, 5) is 11.6. The van der Waals surface area contributed by atoms with Crippen molar-refractivity contribution in [3.8, 4) is 5.75 Å². The molecule has 1 aromatic rings. The number of nitrogens with one attached hydrogen (secondary N) is 1. The van der Waals surface area contributed by atoms with Gasteiger partial charge in [0.2, 0.25) is 0 Å². The number of benzene rings is 1. The average molecular weight is 288 g/mol. The molecule has 0 saturated carbocycles. The maximum Gasteiger partial charge on any atom is 0.255 e. The van der Waals surface area contributed by atoms with Gasteiger partial charge in [0, 0.05) is 4.47 Å². The number of nitrogens with zero attached hydrogens (tertiary/aromatic N) is 1. The molecule has 1 amide bonds. The molecule has 0 heterocycles. The van der Waals surface area contributed by atoms with Crippen LogP contribution in [-0.2, 0) is 0 Å². The van der Waals surface area contributed by atoms with Gasteiger partial charge in [-0.15, -0.1) is 0 Å². The zero-order valence-corrected chi connectivity index (χ0v) is 9.73. The van der Waals surface area contributed by atoms with Gasteiger partial charge in [0.1, 0.15) is 5.75 Å². The first-order valence-electron chi connectivity index (χ1n) is 4.27. The van der Waals surface area contributed by atoms with E-state index in [0.717, 1.165) is 0 Å². The van der Waals surface area contributed by atoms with Gasteiger partial charge in [-0.2, -0.15) is 0 Å². The average Bonchev–Trinajstić information content (AvgIpc) is 2.28. The van der Waals surface area contributed by atoms with Crippen LogP contribution in [0.1, 0.15) is 10.4 Å². The molecule has 0 atom stereocenters. The van der Waals surface area contributed by atoms with E-state index in [1.54, 1.807) is 6.07 Å². The van der Waals surface area contributed by atoms with Gasteiger partial charge in [0.15, 0.2) is 5.84 Å². The Morgan fingerprint density at radius 3 is 2.88 bits per heavy atom. The highest BCUT2D eigenvalue weighted by molar-refractivity contribution is 9.10. The van der Waals surface area contributed by atoms with Crippen LogP contribution in [0.2, 0.25) is 0 Å². The molecule has 0 bridgehead atoms. The topological polar surface area (TPSA) is 108 Å². The summed E-state index contributed by atoms with van der Waals surface area (Å²) < 4.78 is 0.666. The molecule has 0 spiro atoms. The number of rotatable bonds is 3. The SMILES string of the molecule is N/C(CNC(=O)c1cc(Br)ccc1O)=N/O. The van der Waals surface area contributed by atoms with Crippen LogP contribution < -0.4 is 11.1 Å². The number of hydrogen-bond acceptors (Lipinski definition) is 4. The Morgan fingerprint density at radius 2 is 2.25 bits per heavy atom. The van der Waals surface area contributed by atoms with Crippen LogP contribution in [0.3, 0.4) is 0 Å². The van der Waals surface area contributed by atoms with E-state index in [9.17, 15) is 9.90 Å².